The minimum Gasteiger partial charge on any atom is -0.314 e. The van der Waals surface area contributed by atoms with Crippen LogP contribution in [-0.4, -0.2) is 12.6 Å². The van der Waals surface area contributed by atoms with Crippen molar-refractivity contribution in [2.75, 3.05) is 6.54 Å². The van der Waals surface area contributed by atoms with Crippen LogP contribution in [0.25, 0.3) is 0 Å². The summed E-state index contributed by atoms with van der Waals surface area (Å²) in [5, 5.41) is 3.74. The van der Waals surface area contributed by atoms with E-state index in [1.165, 1.54) is 45.1 Å². The van der Waals surface area contributed by atoms with E-state index in [0.29, 0.717) is 0 Å². The molecule has 0 bridgehead atoms. The van der Waals surface area contributed by atoms with Crippen LogP contribution in [0.1, 0.15) is 52.4 Å². The summed E-state index contributed by atoms with van der Waals surface area (Å²) in [6.07, 6.45) is 8.73. The molecule has 14 heavy (non-hydrogen) atoms. The van der Waals surface area contributed by atoms with E-state index in [4.69, 9.17) is 0 Å². The molecule has 2 saturated carbocycles. The molecule has 0 atom stereocenters. The van der Waals surface area contributed by atoms with Gasteiger partial charge >= 0.3 is 0 Å². The highest BCUT2D eigenvalue weighted by molar-refractivity contribution is 4.82. The van der Waals surface area contributed by atoms with E-state index in [0.717, 1.165) is 23.8 Å². The predicted molar refractivity (Wildman–Crippen MR) is 61.3 cm³/mol. The van der Waals surface area contributed by atoms with Gasteiger partial charge in [0.05, 0.1) is 0 Å². The quantitative estimate of drug-likeness (QED) is 0.726. The molecule has 2 aliphatic carbocycles. The van der Waals surface area contributed by atoms with Crippen molar-refractivity contribution in [2.45, 2.75) is 58.4 Å². The van der Waals surface area contributed by atoms with Gasteiger partial charge in [-0.1, -0.05) is 13.8 Å². The lowest BCUT2D eigenvalue weighted by atomic mass is 9.80. The van der Waals surface area contributed by atoms with Crippen molar-refractivity contribution in [3.8, 4) is 0 Å². The Morgan fingerprint density at radius 2 is 1.64 bits per heavy atom. The molecule has 0 saturated heterocycles. The van der Waals surface area contributed by atoms with Crippen LogP contribution in [0.4, 0.5) is 0 Å². The lowest BCUT2D eigenvalue weighted by Gasteiger charge is -2.31. The monoisotopic (exact) mass is 195 g/mol. The molecular formula is C13H25N. The summed E-state index contributed by atoms with van der Waals surface area (Å²) in [6, 6.07) is 0.852. The van der Waals surface area contributed by atoms with Crippen molar-refractivity contribution in [2.24, 2.45) is 17.8 Å². The van der Waals surface area contributed by atoms with Gasteiger partial charge in [-0.25, -0.2) is 0 Å². The third-order valence-electron chi connectivity index (χ3n) is 4.11. The first-order valence-electron chi connectivity index (χ1n) is 6.49. The Kier molecular flexibility index (Phi) is 3.48. The van der Waals surface area contributed by atoms with Crippen molar-refractivity contribution in [1.29, 1.82) is 0 Å². The molecular weight excluding hydrogens is 170 g/mol. The van der Waals surface area contributed by atoms with E-state index < -0.39 is 0 Å². The molecule has 0 unspecified atom stereocenters. The maximum Gasteiger partial charge on any atom is 0.00673 e. The molecule has 1 N–H and O–H groups in total. The molecule has 0 spiro atoms. The molecule has 2 aliphatic rings. The second-order valence-electron chi connectivity index (χ2n) is 5.71. The number of hydrogen-bond acceptors (Lipinski definition) is 1. The number of hydrogen-bond donors (Lipinski definition) is 1. The van der Waals surface area contributed by atoms with Crippen LogP contribution in [0.3, 0.4) is 0 Å². The van der Waals surface area contributed by atoms with Crippen LogP contribution in [-0.2, 0) is 0 Å². The van der Waals surface area contributed by atoms with E-state index in [1.807, 2.05) is 0 Å². The first-order valence-corrected chi connectivity index (χ1v) is 6.49. The summed E-state index contributed by atoms with van der Waals surface area (Å²) < 4.78 is 0. The smallest absolute Gasteiger partial charge is 0.00673 e. The number of nitrogens with one attached hydrogen (secondary N) is 1. The van der Waals surface area contributed by atoms with Crippen LogP contribution in [0, 0.1) is 17.8 Å². The van der Waals surface area contributed by atoms with Crippen molar-refractivity contribution in [3.05, 3.63) is 0 Å². The zero-order valence-electron chi connectivity index (χ0n) is 9.76. The van der Waals surface area contributed by atoms with Crippen molar-refractivity contribution < 1.29 is 0 Å². The van der Waals surface area contributed by atoms with Gasteiger partial charge in [0, 0.05) is 6.04 Å². The summed E-state index contributed by atoms with van der Waals surface area (Å²) in [7, 11) is 0. The van der Waals surface area contributed by atoms with E-state index in [2.05, 4.69) is 19.2 Å². The maximum absolute atomic E-state index is 3.74. The van der Waals surface area contributed by atoms with Crippen molar-refractivity contribution in [3.63, 3.8) is 0 Å². The molecule has 1 heteroatoms. The van der Waals surface area contributed by atoms with Gasteiger partial charge in [0.25, 0.3) is 0 Å². The van der Waals surface area contributed by atoms with Gasteiger partial charge in [-0.2, -0.15) is 0 Å². The fourth-order valence-corrected chi connectivity index (χ4v) is 2.65. The van der Waals surface area contributed by atoms with E-state index in [1.54, 1.807) is 0 Å². The largest absolute Gasteiger partial charge is 0.314 e. The highest BCUT2D eigenvalue weighted by Crippen LogP contribution is 2.31. The second-order valence-corrected chi connectivity index (χ2v) is 5.71. The molecule has 0 amide bonds. The molecule has 0 aromatic carbocycles. The number of rotatable bonds is 4. The van der Waals surface area contributed by atoms with Crippen LogP contribution in [0.15, 0.2) is 0 Å². The van der Waals surface area contributed by atoms with E-state index in [9.17, 15) is 0 Å². The molecule has 0 heterocycles. The van der Waals surface area contributed by atoms with Crippen LogP contribution in [0.5, 0.6) is 0 Å². The molecule has 0 aromatic heterocycles. The summed E-state index contributed by atoms with van der Waals surface area (Å²) in [4.78, 5) is 0. The minimum absolute atomic E-state index is 0.852. The highest BCUT2D eigenvalue weighted by Gasteiger charge is 2.25. The van der Waals surface area contributed by atoms with Crippen LogP contribution < -0.4 is 5.32 Å². The Balaban J connectivity index is 1.62. The summed E-state index contributed by atoms with van der Waals surface area (Å²) in [5.74, 6) is 2.95. The first-order chi connectivity index (χ1) is 6.75. The second kappa shape index (κ2) is 4.65. The Hall–Kier alpha value is -0.0400. The molecule has 2 fully saturated rings. The van der Waals surface area contributed by atoms with Gasteiger partial charge in [0.2, 0.25) is 0 Å². The Morgan fingerprint density at radius 1 is 1.00 bits per heavy atom. The topological polar surface area (TPSA) is 12.0 Å². The molecule has 2 rings (SSSR count). The Labute approximate surface area is 88.7 Å². The average molecular weight is 195 g/mol. The summed E-state index contributed by atoms with van der Waals surface area (Å²) in [6.45, 7) is 6.06. The highest BCUT2D eigenvalue weighted by atomic mass is 14.9. The van der Waals surface area contributed by atoms with Gasteiger partial charge in [-0.15, -0.1) is 0 Å². The summed E-state index contributed by atoms with van der Waals surface area (Å²) >= 11 is 0. The van der Waals surface area contributed by atoms with Crippen molar-refractivity contribution in [1.82, 2.24) is 5.32 Å². The third-order valence-corrected chi connectivity index (χ3v) is 4.11. The molecule has 82 valence electrons. The zero-order valence-corrected chi connectivity index (χ0v) is 9.76. The zero-order chi connectivity index (χ0) is 9.97. The normalized spacial score (nSPS) is 33.6. The van der Waals surface area contributed by atoms with Gasteiger partial charge in [0.15, 0.2) is 0 Å². The first kappa shape index (κ1) is 10.5. The Bertz CT molecular complexity index is 164. The SMILES string of the molecule is CC(C)C1CCC(NCC2CC2)CC1. The standard InChI is InChI=1S/C13H25N/c1-10(2)12-5-7-13(8-6-12)14-9-11-3-4-11/h10-14H,3-9H2,1-2H3. The van der Waals surface area contributed by atoms with E-state index >= 15 is 0 Å². The Morgan fingerprint density at radius 3 is 2.14 bits per heavy atom. The molecule has 0 radical (unpaired) electrons. The van der Waals surface area contributed by atoms with E-state index in [-0.39, 0.29) is 0 Å². The minimum atomic E-state index is 0.852. The molecule has 0 aliphatic heterocycles. The molecule has 0 aromatic rings. The fraction of sp³-hybridized carbons (Fsp3) is 1.00. The predicted octanol–water partition coefficient (Wildman–Crippen LogP) is 3.20. The van der Waals surface area contributed by atoms with Gasteiger partial charge in [0.1, 0.15) is 0 Å². The van der Waals surface area contributed by atoms with Gasteiger partial charge < -0.3 is 5.32 Å². The van der Waals surface area contributed by atoms with Gasteiger partial charge in [-0.05, 0) is 62.8 Å². The van der Waals surface area contributed by atoms with Crippen LogP contribution >= 0.6 is 0 Å². The van der Waals surface area contributed by atoms with Gasteiger partial charge in [-0.3, -0.25) is 0 Å². The maximum atomic E-state index is 3.74. The molecule has 1 nitrogen and oxygen atoms in total. The van der Waals surface area contributed by atoms with Crippen molar-refractivity contribution >= 4 is 0 Å². The average Bonchev–Trinajstić information content (AvgIpc) is 2.99. The fourth-order valence-electron chi connectivity index (χ4n) is 2.65. The van der Waals surface area contributed by atoms with Crippen LogP contribution in [0.2, 0.25) is 0 Å². The lowest BCUT2D eigenvalue weighted by Crippen LogP contribution is -2.35. The third kappa shape index (κ3) is 2.98. The lowest BCUT2D eigenvalue weighted by molar-refractivity contribution is 0.238. The summed E-state index contributed by atoms with van der Waals surface area (Å²) in [5.41, 5.74) is 0.